The zero-order valence-electron chi connectivity index (χ0n) is 14.1. The Morgan fingerprint density at radius 3 is 2.73 bits per heavy atom. The van der Waals surface area contributed by atoms with Crippen LogP contribution in [-0.4, -0.2) is 21.5 Å². The van der Waals surface area contributed by atoms with Gasteiger partial charge in [0.25, 0.3) is 0 Å². The van der Waals surface area contributed by atoms with Gasteiger partial charge in [0, 0.05) is 24.1 Å². The largest absolute Gasteiger partial charge is 0.486 e. The minimum Gasteiger partial charge on any atom is -0.486 e. The summed E-state index contributed by atoms with van der Waals surface area (Å²) in [6.45, 7) is 1.08. The zero-order chi connectivity index (χ0) is 17.9. The van der Waals surface area contributed by atoms with Crippen molar-refractivity contribution in [1.29, 1.82) is 0 Å². The molecule has 0 spiro atoms. The molecule has 0 bridgehead atoms. The monoisotopic (exact) mass is 350 g/mol. The van der Waals surface area contributed by atoms with E-state index < -0.39 is 4.92 Å². The second kappa shape index (κ2) is 6.95. The Morgan fingerprint density at radius 1 is 1.19 bits per heavy atom. The van der Waals surface area contributed by atoms with Gasteiger partial charge < -0.3 is 10.1 Å². The Hall–Kier alpha value is -3.22. The lowest BCUT2D eigenvalue weighted by molar-refractivity contribution is -0.385. The van der Waals surface area contributed by atoms with Gasteiger partial charge in [-0.15, -0.1) is 0 Å². The van der Waals surface area contributed by atoms with Crippen LogP contribution in [0.4, 0.5) is 11.5 Å². The minimum atomic E-state index is -0.421. The molecular weight excluding hydrogens is 332 g/mol. The van der Waals surface area contributed by atoms with Crippen LogP contribution in [-0.2, 0) is 6.54 Å². The van der Waals surface area contributed by atoms with Crippen molar-refractivity contribution in [2.45, 2.75) is 19.4 Å². The normalized spacial score (nSPS) is 13.5. The second-order valence-electron chi connectivity index (χ2n) is 6.41. The molecule has 3 aromatic rings. The van der Waals surface area contributed by atoms with Crippen molar-refractivity contribution in [2.75, 3.05) is 11.9 Å². The molecule has 0 aliphatic heterocycles. The molecule has 4 rings (SSSR count). The highest BCUT2D eigenvalue weighted by molar-refractivity contribution is 5.92. The predicted molar refractivity (Wildman–Crippen MR) is 98.2 cm³/mol. The number of rotatable bonds is 7. The first-order valence-electron chi connectivity index (χ1n) is 8.54. The van der Waals surface area contributed by atoms with Crippen LogP contribution in [0.15, 0.2) is 48.8 Å². The molecule has 2 aromatic carbocycles. The number of nitro groups is 1. The molecule has 132 valence electrons. The van der Waals surface area contributed by atoms with E-state index in [1.165, 1.54) is 12.4 Å². The highest BCUT2D eigenvalue weighted by atomic mass is 16.6. The van der Waals surface area contributed by atoms with Gasteiger partial charge in [0.15, 0.2) is 5.75 Å². The van der Waals surface area contributed by atoms with E-state index in [2.05, 4.69) is 15.3 Å². The van der Waals surface area contributed by atoms with Crippen LogP contribution in [0.5, 0.6) is 5.75 Å². The topological polar surface area (TPSA) is 90.2 Å². The number of anilines is 1. The fraction of sp³-hybridized carbons (Fsp3) is 0.263. The van der Waals surface area contributed by atoms with Gasteiger partial charge in [0.2, 0.25) is 0 Å². The third-order valence-corrected chi connectivity index (χ3v) is 4.39. The summed E-state index contributed by atoms with van der Waals surface area (Å²) in [6.07, 6.45) is 3.69. The number of nitrogens with one attached hydrogen (secondary N) is 1. The van der Waals surface area contributed by atoms with Crippen molar-refractivity contribution in [3.63, 3.8) is 0 Å². The molecule has 0 radical (unpaired) electrons. The van der Waals surface area contributed by atoms with Gasteiger partial charge in [-0.25, -0.2) is 9.97 Å². The van der Waals surface area contributed by atoms with E-state index in [0.29, 0.717) is 35.8 Å². The zero-order valence-corrected chi connectivity index (χ0v) is 14.1. The minimum absolute atomic E-state index is 0.0595. The smallest absolute Gasteiger partial charge is 0.311 e. The summed E-state index contributed by atoms with van der Waals surface area (Å²) in [7, 11) is 0. The van der Waals surface area contributed by atoms with Crippen LogP contribution in [0.1, 0.15) is 18.4 Å². The number of fused-ring (bicyclic) bond motifs is 1. The summed E-state index contributed by atoms with van der Waals surface area (Å²) in [5.74, 6) is 1.34. The summed E-state index contributed by atoms with van der Waals surface area (Å²) < 4.78 is 5.68. The van der Waals surface area contributed by atoms with Crippen LogP contribution in [0.2, 0.25) is 0 Å². The van der Waals surface area contributed by atoms with Crippen molar-refractivity contribution < 1.29 is 9.66 Å². The number of hydrogen-bond donors (Lipinski definition) is 1. The van der Waals surface area contributed by atoms with E-state index in [-0.39, 0.29) is 11.4 Å². The van der Waals surface area contributed by atoms with Crippen molar-refractivity contribution in [1.82, 2.24) is 9.97 Å². The Bertz CT molecular complexity index is 942. The first-order chi connectivity index (χ1) is 12.7. The molecule has 7 heteroatoms. The average molecular weight is 350 g/mol. The number of nitrogens with zero attached hydrogens (tertiary/aromatic N) is 3. The first-order valence-corrected chi connectivity index (χ1v) is 8.54. The third-order valence-electron chi connectivity index (χ3n) is 4.39. The van der Waals surface area contributed by atoms with Crippen molar-refractivity contribution >= 4 is 22.4 Å². The summed E-state index contributed by atoms with van der Waals surface area (Å²) in [6, 6.07) is 13.0. The Balaban J connectivity index is 1.65. The maximum atomic E-state index is 11.5. The van der Waals surface area contributed by atoms with Gasteiger partial charge in [-0.05, 0) is 24.3 Å². The van der Waals surface area contributed by atoms with Crippen molar-refractivity contribution in [3.8, 4) is 5.75 Å². The summed E-state index contributed by atoms with van der Waals surface area (Å²) in [5, 5.41) is 15.3. The Kier molecular flexibility index (Phi) is 4.35. The standard InChI is InChI=1S/C19H18N4O3/c24-23(25)17-8-15-16(9-18(17)26-11-14-6-7-14)21-12-22-19(15)20-10-13-4-2-1-3-5-13/h1-5,8-9,12,14H,6-7,10-11H2,(H,20,21,22). The van der Waals surface area contributed by atoms with Gasteiger partial charge in [-0.1, -0.05) is 30.3 Å². The molecule has 0 atom stereocenters. The van der Waals surface area contributed by atoms with Crippen LogP contribution < -0.4 is 10.1 Å². The molecule has 0 saturated heterocycles. The molecule has 1 aliphatic rings. The lowest BCUT2D eigenvalue weighted by Gasteiger charge is -2.11. The summed E-state index contributed by atoms with van der Waals surface area (Å²) >= 11 is 0. The van der Waals surface area contributed by atoms with Crippen LogP contribution in [0, 0.1) is 16.0 Å². The molecule has 1 fully saturated rings. The van der Waals surface area contributed by atoms with Gasteiger partial charge in [-0.2, -0.15) is 0 Å². The van der Waals surface area contributed by atoms with E-state index in [1.807, 2.05) is 30.3 Å². The molecule has 0 amide bonds. The van der Waals surface area contributed by atoms with Crippen molar-refractivity contribution in [2.24, 2.45) is 5.92 Å². The number of nitro benzene ring substituents is 1. The molecule has 7 nitrogen and oxygen atoms in total. The molecule has 1 saturated carbocycles. The van der Waals surface area contributed by atoms with Crippen LogP contribution in [0.3, 0.4) is 0 Å². The average Bonchev–Trinajstić information content (AvgIpc) is 3.49. The van der Waals surface area contributed by atoms with E-state index in [9.17, 15) is 10.1 Å². The molecule has 1 aliphatic carbocycles. The van der Waals surface area contributed by atoms with Crippen LogP contribution >= 0.6 is 0 Å². The predicted octanol–water partition coefficient (Wildman–Crippen LogP) is 3.94. The highest BCUT2D eigenvalue weighted by Crippen LogP contribution is 2.36. The second-order valence-corrected chi connectivity index (χ2v) is 6.41. The fourth-order valence-electron chi connectivity index (χ4n) is 2.75. The van der Waals surface area contributed by atoms with E-state index in [1.54, 1.807) is 6.07 Å². The quantitative estimate of drug-likeness (QED) is 0.513. The lowest BCUT2D eigenvalue weighted by Crippen LogP contribution is -2.05. The van der Waals surface area contributed by atoms with E-state index in [0.717, 1.165) is 18.4 Å². The molecule has 1 N–H and O–H groups in total. The van der Waals surface area contributed by atoms with E-state index in [4.69, 9.17) is 4.74 Å². The number of ether oxygens (including phenoxy) is 1. The molecular formula is C19H18N4O3. The molecule has 1 heterocycles. The van der Waals surface area contributed by atoms with E-state index >= 15 is 0 Å². The third kappa shape index (κ3) is 3.56. The van der Waals surface area contributed by atoms with Gasteiger partial charge in [-0.3, -0.25) is 10.1 Å². The number of hydrogen-bond acceptors (Lipinski definition) is 6. The van der Waals surface area contributed by atoms with Crippen LogP contribution in [0.25, 0.3) is 10.9 Å². The summed E-state index contributed by atoms with van der Waals surface area (Å²) in [4.78, 5) is 19.6. The molecule has 26 heavy (non-hydrogen) atoms. The Morgan fingerprint density at radius 2 is 2.00 bits per heavy atom. The first kappa shape index (κ1) is 16.3. The SMILES string of the molecule is O=[N+]([O-])c1cc2c(NCc3ccccc3)ncnc2cc1OCC1CC1. The highest BCUT2D eigenvalue weighted by Gasteiger charge is 2.25. The lowest BCUT2D eigenvalue weighted by atomic mass is 10.2. The van der Waals surface area contributed by atoms with Gasteiger partial charge in [0.1, 0.15) is 12.1 Å². The molecule has 0 unspecified atom stereocenters. The summed E-state index contributed by atoms with van der Waals surface area (Å²) in [5.41, 5.74) is 1.65. The van der Waals surface area contributed by atoms with Crippen molar-refractivity contribution in [3.05, 3.63) is 64.5 Å². The Labute approximate surface area is 150 Å². The number of aromatic nitrogens is 2. The molecule has 1 aromatic heterocycles. The number of benzene rings is 2. The fourth-order valence-corrected chi connectivity index (χ4v) is 2.75. The maximum Gasteiger partial charge on any atom is 0.311 e. The maximum absolute atomic E-state index is 11.5. The van der Waals surface area contributed by atoms with Gasteiger partial charge in [0.05, 0.1) is 17.0 Å². The van der Waals surface area contributed by atoms with Gasteiger partial charge >= 0.3 is 5.69 Å².